The fourth-order valence-corrected chi connectivity index (χ4v) is 1.75. The second kappa shape index (κ2) is 5.19. The molecular weight excluding hydrogens is 218 g/mol. The number of hydrogen-bond donors (Lipinski definition) is 1. The van der Waals surface area contributed by atoms with Crippen molar-refractivity contribution >= 4 is 5.78 Å². The molecule has 0 bridgehead atoms. The normalized spacial score (nSPS) is 14.7. The summed E-state index contributed by atoms with van der Waals surface area (Å²) in [5.41, 5.74) is 0.658. The fourth-order valence-electron chi connectivity index (χ4n) is 1.75. The molecule has 0 amide bonds. The summed E-state index contributed by atoms with van der Waals surface area (Å²) in [5.74, 6) is 1.44. The summed E-state index contributed by atoms with van der Waals surface area (Å²) in [5, 5.41) is 3.18. The molecule has 4 heteroatoms. The third-order valence-electron chi connectivity index (χ3n) is 2.75. The van der Waals surface area contributed by atoms with Crippen LogP contribution in [0.25, 0.3) is 0 Å². The monoisotopic (exact) mass is 235 g/mol. The Kier molecular flexibility index (Phi) is 3.64. The third kappa shape index (κ3) is 2.58. The summed E-state index contributed by atoms with van der Waals surface area (Å²) >= 11 is 0. The predicted octanol–water partition coefficient (Wildman–Crippen LogP) is 1.99. The second-order valence-electron chi connectivity index (χ2n) is 4.11. The number of fused-ring (bicyclic) bond motifs is 1. The van der Waals surface area contributed by atoms with Crippen molar-refractivity contribution in [3.63, 3.8) is 0 Å². The van der Waals surface area contributed by atoms with E-state index in [-0.39, 0.29) is 18.6 Å². The molecule has 0 spiro atoms. The van der Waals surface area contributed by atoms with Crippen LogP contribution in [0.2, 0.25) is 0 Å². The maximum Gasteiger partial charge on any atom is 0.231 e. The molecule has 0 aliphatic carbocycles. The summed E-state index contributed by atoms with van der Waals surface area (Å²) in [6.07, 6.45) is 1.01. The third-order valence-corrected chi connectivity index (χ3v) is 2.75. The van der Waals surface area contributed by atoms with E-state index in [0.29, 0.717) is 17.1 Å². The topological polar surface area (TPSA) is 47.6 Å². The van der Waals surface area contributed by atoms with Crippen molar-refractivity contribution < 1.29 is 14.3 Å². The highest BCUT2D eigenvalue weighted by atomic mass is 16.7. The molecular formula is C13H17NO3. The molecule has 0 saturated carbocycles. The molecule has 1 N–H and O–H groups in total. The van der Waals surface area contributed by atoms with Gasteiger partial charge in [0.2, 0.25) is 6.79 Å². The highest BCUT2D eigenvalue weighted by molar-refractivity contribution is 6.00. The largest absolute Gasteiger partial charge is 0.454 e. The van der Waals surface area contributed by atoms with E-state index >= 15 is 0 Å². The smallest absolute Gasteiger partial charge is 0.231 e. The average molecular weight is 235 g/mol. The lowest BCUT2D eigenvalue weighted by Crippen LogP contribution is -2.34. The Morgan fingerprint density at radius 2 is 2.18 bits per heavy atom. The Bertz CT molecular complexity index is 417. The zero-order valence-corrected chi connectivity index (χ0v) is 10.2. The van der Waals surface area contributed by atoms with Crippen molar-refractivity contribution in [3.05, 3.63) is 23.8 Å². The highest BCUT2D eigenvalue weighted by Crippen LogP contribution is 2.32. The standard InChI is InChI=1S/C13H17NO3/c1-3-6-14-9(2)13(15)10-4-5-11-12(7-10)17-8-16-11/h4-5,7,9,14H,3,6,8H2,1-2H3/t9-/m1/s1. The molecule has 1 aromatic carbocycles. The molecule has 1 heterocycles. The van der Waals surface area contributed by atoms with Crippen LogP contribution in [0.3, 0.4) is 0 Å². The summed E-state index contributed by atoms with van der Waals surface area (Å²) in [7, 11) is 0. The van der Waals surface area contributed by atoms with Gasteiger partial charge >= 0.3 is 0 Å². The van der Waals surface area contributed by atoms with Crippen LogP contribution >= 0.6 is 0 Å². The Morgan fingerprint density at radius 1 is 1.41 bits per heavy atom. The predicted molar refractivity (Wildman–Crippen MR) is 64.7 cm³/mol. The summed E-state index contributed by atoms with van der Waals surface area (Å²) in [4.78, 5) is 12.1. The first-order valence-corrected chi connectivity index (χ1v) is 5.89. The molecule has 2 rings (SSSR count). The van der Waals surface area contributed by atoms with Gasteiger partial charge in [-0.2, -0.15) is 0 Å². The average Bonchev–Trinajstić information content (AvgIpc) is 2.81. The highest BCUT2D eigenvalue weighted by Gasteiger charge is 2.19. The van der Waals surface area contributed by atoms with E-state index in [4.69, 9.17) is 9.47 Å². The summed E-state index contributed by atoms with van der Waals surface area (Å²) in [6, 6.07) is 5.13. The van der Waals surface area contributed by atoms with Gasteiger partial charge in [0.15, 0.2) is 17.3 Å². The van der Waals surface area contributed by atoms with Crippen LogP contribution in [0.15, 0.2) is 18.2 Å². The molecule has 1 atom stereocenters. The van der Waals surface area contributed by atoms with Crippen LogP contribution in [-0.4, -0.2) is 25.2 Å². The number of ketones is 1. The molecule has 0 aromatic heterocycles. The number of hydrogen-bond acceptors (Lipinski definition) is 4. The minimum atomic E-state index is -0.171. The molecule has 1 aliphatic heterocycles. The van der Waals surface area contributed by atoms with Gasteiger partial charge in [0, 0.05) is 5.56 Å². The lowest BCUT2D eigenvalue weighted by Gasteiger charge is -2.12. The zero-order chi connectivity index (χ0) is 12.3. The van der Waals surface area contributed by atoms with Gasteiger partial charge in [-0.3, -0.25) is 4.79 Å². The van der Waals surface area contributed by atoms with Crippen LogP contribution < -0.4 is 14.8 Å². The van der Waals surface area contributed by atoms with E-state index in [9.17, 15) is 4.79 Å². The molecule has 0 unspecified atom stereocenters. The Morgan fingerprint density at radius 3 is 2.94 bits per heavy atom. The van der Waals surface area contributed by atoms with Gasteiger partial charge in [0.05, 0.1) is 6.04 Å². The van der Waals surface area contributed by atoms with Crippen LogP contribution in [0.5, 0.6) is 11.5 Å². The maximum absolute atomic E-state index is 12.1. The van der Waals surface area contributed by atoms with Crippen LogP contribution in [-0.2, 0) is 0 Å². The van der Waals surface area contributed by atoms with E-state index in [2.05, 4.69) is 12.2 Å². The number of carbonyl (C=O) groups is 1. The summed E-state index contributed by atoms with van der Waals surface area (Å²) in [6.45, 7) is 5.03. The molecule has 17 heavy (non-hydrogen) atoms. The van der Waals surface area contributed by atoms with Crippen molar-refractivity contribution in [3.8, 4) is 11.5 Å². The number of benzene rings is 1. The minimum absolute atomic E-state index is 0.0803. The van der Waals surface area contributed by atoms with E-state index in [0.717, 1.165) is 13.0 Å². The molecule has 0 radical (unpaired) electrons. The molecule has 1 aromatic rings. The van der Waals surface area contributed by atoms with E-state index in [1.807, 2.05) is 6.92 Å². The first kappa shape index (κ1) is 11.9. The summed E-state index contributed by atoms with van der Waals surface area (Å²) < 4.78 is 10.5. The molecule has 4 nitrogen and oxygen atoms in total. The number of carbonyl (C=O) groups excluding carboxylic acids is 1. The van der Waals surface area contributed by atoms with E-state index in [1.165, 1.54) is 0 Å². The minimum Gasteiger partial charge on any atom is -0.454 e. The van der Waals surface area contributed by atoms with Crippen LogP contribution in [0.1, 0.15) is 30.6 Å². The van der Waals surface area contributed by atoms with Crippen molar-refractivity contribution in [2.24, 2.45) is 0 Å². The Balaban J connectivity index is 2.09. The first-order valence-electron chi connectivity index (χ1n) is 5.89. The zero-order valence-electron chi connectivity index (χ0n) is 10.2. The van der Waals surface area contributed by atoms with Gasteiger partial charge < -0.3 is 14.8 Å². The lowest BCUT2D eigenvalue weighted by atomic mass is 10.0. The van der Waals surface area contributed by atoms with Crippen LogP contribution in [0.4, 0.5) is 0 Å². The van der Waals surface area contributed by atoms with Gasteiger partial charge in [-0.15, -0.1) is 0 Å². The SMILES string of the molecule is CCCN[C@H](C)C(=O)c1ccc2c(c1)OCO2. The number of Topliss-reactive ketones (excluding diaryl/α,β-unsaturated/α-hetero) is 1. The van der Waals surface area contributed by atoms with Gasteiger partial charge in [-0.1, -0.05) is 6.92 Å². The van der Waals surface area contributed by atoms with Crippen molar-refractivity contribution in [1.82, 2.24) is 5.32 Å². The van der Waals surface area contributed by atoms with Gasteiger partial charge in [-0.25, -0.2) is 0 Å². The fraction of sp³-hybridized carbons (Fsp3) is 0.462. The molecule has 92 valence electrons. The maximum atomic E-state index is 12.1. The van der Waals surface area contributed by atoms with Gasteiger partial charge in [0.1, 0.15) is 0 Å². The molecule has 0 fully saturated rings. The quantitative estimate of drug-likeness (QED) is 0.793. The number of ether oxygens (including phenoxy) is 2. The van der Waals surface area contributed by atoms with E-state index < -0.39 is 0 Å². The first-order chi connectivity index (χ1) is 8.22. The number of nitrogens with one attached hydrogen (secondary N) is 1. The number of rotatable bonds is 5. The van der Waals surface area contributed by atoms with Crippen molar-refractivity contribution in [2.75, 3.05) is 13.3 Å². The Labute approximate surface area is 101 Å². The molecule has 0 saturated heterocycles. The van der Waals surface area contributed by atoms with Crippen LogP contribution in [0, 0.1) is 0 Å². The Hall–Kier alpha value is -1.55. The second-order valence-corrected chi connectivity index (χ2v) is 4.11. The van der Waals surface area contributed by atoms with E-state index in [1.54, 1.807) is 18.2 Å². The van der Waals surface area contributed by atoms with Crippen molar-refractivity contribution in [1.29, 1.82) is 0 Å². The lowest BCUT2D eigenvalue weighted by molar-refractivity contribution is 0.0951. The molecule has 1 aliphatic rings. The van der Waals surface area contributed by atoms with Crippen molar-refractivity contribution in [2.45, 2.75) is 26.3 Å². The van der Waals surface area contributed by atoms with Gasteiger partial charge in [0.25, 0.3) is 0 Å². The van der Waals surface area contributed by atoms with Gasteiger partial charge in [-0.05, 0) is 38.1 Å².